The van der Waals surface area contributed by atoms with E-state index in [0.29, 0.717) is 44.5 Å². The lowest BCUT2D eigenvalue weighted by atomic mass is 9.94. The molecule has 0 aliphatic carbocycles. The van der Waals surface area contributed by atoms with E-state index in [0.717, 1.165) is 11.1 Å². The molecule has 0 radical (unpaired) electrons. The minimum atomic E-state index is -0.596. The molecule has 2 aromatic carbocycles. The lowest BCUT2D eigenvalue weighted by molar-refractivity contribution is -0.127. The van der Waals surface area contributed by atoms with Gasteiger partial charge in [-0.1, -0.05) is 53.3 Å². The lowest BCUT2D eigenvalue weighted by Crippen LogP contribution is -2.43. The molecule has 0 saturated carbocycles. The number of hydrogen-bond acceptors (Lipinski definition) is 5. The summed E-state index contributed by atoms with van der Waals surface area (Å²) >= 11 is 7.44. The Morgan fingerprint density at radius 3 is 2.50 bits per heavy atom. The fourth-order valence-electron chi connectivity index (χ4n) is 4.16. The number of allylic oxidation sites excluding steroid dienone is 1. The van der Waals surface area contributed by atoms with E-state index in [4.69, 9.17) is 21.3 Å². The number of hydrogen-bond donors (Lipinski definition) is 0. The summed E-state index contributed by atoms with van der Waals surface area (Å²) in [5, 5.41) is 0.588. The Morgan fingerprint density at radius 1 is 1.18 bits per heavy atom. The minimum Gasteiger partial charge on any atom is -0.496 e. The number of nitrogens with zero attached hydrogens (tertiary/aromatic N) is 3. The Morgan fingerprint density at radius 2 is 1.85 bits per heavy atom. The molecule has 1 amide bonds. The predicted octanol–water partition coefficient (Wildman–Crippen LogP) is 3.77. The molecular formula is C26H26ClN3O3S. The van der Waals surface area contributed by atoms with Crippen molar-refractivity contribution in [3.8, 4) is 5.75 Å². The highest BCUT2D eigenvalue weighted by Gasteiger charge is 2.34. The van der Waals surface area contributed by atoms with Crippen LogP contribution in [0.3, 0.4) is 0 Å². The van der Waals surface area contributed by atoms with Gasteiger partial charge in [-0.15, -0.1) is 0 Å². The molecule has 0 N–H and O–H groups in total. The topological polar surface area (TPSA) is 63.9 Å². The van der Waals surface area contributed by atoms with Gasteiger partial charge in [-0.2, -0.15) is 0 Å². The zero-order valence-electron chi connectivity index (χ0n) is 19.5. The predicted molar refractivity (Wildman–Crippen MR) is 136 cm³/mol. The summed E-state index contributed by atoms with van der Waals surface area (Å²) in [6.07, 6.45) is 1.81. The number of para-hydroxylation sites is 1. The summed E-state index contributed by atoms with van der Waals surface area (Å²) in [5.41, 5.74) is 2.52. The van der Waals surface area contributed by atoms with Crippen LogP contribution in [0.4, 0.5) is 0 Å². The van der Waals surface area contributed by atoms with Crippen LogP contribution in [0.15, 0.2) is 69.6 Å². The van der Waals surface area contributed by atoms with Gasteiger partial charge in [-0.3, -0.25) is 14.2 Å². The van der Waals surface area contributed by atoms with E-state index in [2.05, 4.69) is 0 Å². The molecule has 1 aliphatic heterocycles. The average Bonchev–Trinajstić information content (AvgIpc) is 3.14. The second-order valence-corrected chi connectivity index (χ2v) is 9.30. The first-order valence-electron chi connectivity index (χ1n) is 11.1. The zero-order chi connectivity index (χ0) is 24.4. The second kappa shape index (κ2) is 9.99. The number of methoxy groups -OCH3 is 1. The van der Waals surface area contributed by atoms with Crippen molar-refractivity contribution in [3.05, 3.63) is 95.6 Å². The number of amides is 1. The van der Waals surface area contributed by atoms with Crippen molar-refractivity contribution in [1.29, 1.82) is 0 Å². The first-order chi connectivity index (χ1) is 16.4. The van der Waals surface area contributed by atoms with Crippen LogP contribution in [0.2, 0.25) is 5.02 Å². The first kappa shape index (κ1) is 24.0. The van der Waals surface area contributed by atoms with Crippen molar-refractivity contribution in [3.63, 3.8) is 0 Å². The number of benzene rings is 2. The molecule has 1 unspecified atom stereocenters. The number of fused-ring (bicyclic) bond motifs is 1. The van der Waals surface area contributed by atoms with Gasteiger partial charge >= 0.3 is 0 Å². The molecule has 2 heterocycles. The van der Waals surface area contributed by atoms with Gasteiger partial charge in [0.05, 0.1) is 29.0 Å². The summed E-state index contributed by atoms with van der Waals surface area (Å²) in [7, 11) is 1.60. The summed E-state index contributed by atoms with van der Waals surface area (Å²) < 4.78 is 7.59. The van der Waals surface area contributed by atoms with Gasteiger partial charge in [0.25, 0.3) is 11.5 Å². The number of carbonyl (C=O) groups excluding carboxylic acids is 1. The van der Waals surface area contributed by atoms with Gasteiger partial charge in [-0.05, 0) is 50.6 Å². The molecule has 0 fully saturated rings. The van der Waals surface area contributed by atoms with Crippen LogP contribution in [0.5, 0.6) is 5.75 Å². The van der Waals surface area contributed by atoms with Crippen LogP contribution in [-0.2, 0) is 4.79 Å². The third kappa shape index (κ3) is 4.33. The molecule has 4 rings (SSSR count). The van der Waals surface area contributed by atoms with Gasteiger partial charge in [-0.25, -0.2) is 4.99 Å². The summed E-state index contributed by atoms with van der Waals surface area (Å²) in [6, 6.07) is 14.2. The third-order valence-corrected chi connectivity index (χ3v) is 7.15. The number of aromatic nitrogens is 1. The fraction of sp³-hybridized carbons (Fsp3) is 0.269. The highest BCUT2D eigenvalue weighted by Crippen LogP contribution is 2.31. The van der Waals surface area contributed by atoms with Crippen molar-refractivity contribution in [2.75, 3.05) is 20.2 Å². The van der Waals surface area contributed by atoms with Gasteiger partial charge in [0.15, 0.2) is 4.80 Å². The normalized spacial score (nSPS) is 15.7. The Balaban J connectivity index is 1.97. The maximum Gasteiger partial charge on any atom is 0.271 e. The SMILES string of the molecule is CCN(CC)C(=O)C1=C(C)N=c2s/c(=C\c3ccccc3OC)c(=O)n2C1c1ccc(Cl)cc1. The number of rotatable bonds is 6. The number of carbonyl (C=O) groups is 1. The fourth-order valence-corrected chi connectivity index (χ4v) is 5.33. The Bertz CT molecular complexity index is 1430. The average molecular weight is 496 g/mol. The molecule has 0 spiro atoms. The zero-order valence-corrected chi connectivity index (χ0v) is 21.1. The minimum absolute atomic E-state index is 0.120. The number of likely N-dealkylation sites (N-methyl/N-ethyl adjacent to an activating group) is 1. The largest absolute Gasteiger partial charge is 0.496 e. The van der Waals surface area contributed by atoms with Crippen molar-refractivity contribution < 1.29 is 9.53 Å². The molecule has 1 aromatic heterocycles. The van der Waals surface area contributed by atoms with E-state index in [1.54, 1.807) is 28.7 Å². The first-order valence-corrected chi connectivity index (χ1v) is 12.3. The maximum absolute atomic E-state index is 13.7. The number of halogens is 1. The van der Waals surface area contributed by atoms with Crippen molar-refractivity contribution >= 4 is 34.9 Å². The standard InChI is InChI=1S/C26H26ClN3O3S/c1-5-29(6-2)25(32)22-16(3)28-26-30(23(22)17-11-13-19(27)14-12-17)24(31)21(34-26)15-18-9-7-8-10-20(18)33-4/h7-15,23H,5-6H2,1-4H3/b21-15-. The molecule has 1 aliphatic rings. The quantitative estimate of drug-likeness (QED) is 0.523. The molecule has 0 bridgehead atoms. The molecule has 6 nitrogen and oxygen atoms in total. The lowest BCUT2D eigenvalue weighted by Gasteiger charge is -2.29. The van der Waals surface area contributed by atoms with E-state index >= 15 is 0 Å². The van der Waals surface area contributed by atoms with Crippen LogP contribution in [0.25, 0.3) is 6.08 Å². The van der Waals surface area contributed by atoms with Gasteiger partial charge < -0.3 is 9.64 Å². The smallest absolute Gasteiger partial charge is 0.271 e. The molecule has 176 valence electrons. The van der Waals surface area contributed by atoms with Crippen LogP contribution in [-0.4, -0.2) is 35.6 Å². The monoisotopic (exact) mass is 495 g/mol. The number of ether oxygens (including phenoxy) is 1. The van der Waals surface area contributed by atoms with Crippen molar-refractivity contribution in [2.24, 2.45) is 4.99 Å². The molecule has 3 aromatic rings. The maximum atomic E-state index is 13.7. The summed E-state index contributed by atoms with van der Waals surface area (Å²) in [5.74, 6) is 0.557. The van der Waals surface area contributed by atoms with E-state index in [9.17, 15) is 9.59 Å². The van der Waals surface area contributed by atoms with Crippen LogP contribution in [0, 0.1) is 0 Å². The van der Waals surface area contributed by atoms with Crippen LogP contribution < -0.4 is 19.6 Å². The van der Waals surface area contributed by atoms with Crippen molar-refractivity contribution in [1.82, 2.24) is 9.47 Å². The third-order valence-electron chi connectivity index (χ3n) is 5.91. The van der Waals surface area contributed by atoms with Crippen LogP contribution in [0.1, 0.15) is 37.9 Å². The molecule has 1 atom stereocenters. The van der Waals surface area contributed by atoms with Crippen LogP contribution >= 0.6 is 22.9 Å². The molecule has 34 heavy (non-hydrogen) atoms. The molecular weight excluding hydrogens is 470 g/mol. The molecule has 0 saturated heterocycles. The molecule has 8 heteroatoms. The summed E-state index contributed by atoms with van der Waals surface area (Å²) in [6.45, 7) is 6.85. The summed E-state index contributed by atoms with van der Waals surface area (Å²) in [4.78, 5) is 34.3. The van der Waals surface area contributed by atoms with Crippen molar-refractivity contribution in [2.45, 2.75) is 26.8 Å². The highest BCUT2D eigenvalue weighted by atomic mass is 35.5. The van der Waals surface area contributed by atoms with E-state index < -0.39 is 6.04 Å². The van der Waals surface area contributed by atoms with Gasteiger partial charge in [0, 0.05) is 23.7 Å². The van der Waals surface area contributed by atoms with Gasteiger partial charge in [0.2, 0.25) is 0 Å². The van der Waals surface area contributed by atoms with E-state index in [1.165, 1.54) is 11.3 Å². The Hall–Kier alpha value is -3.16. The van der Waals surface area contributed by atoms with E-state index in [1.807, 2.05) is 63.2 Å². The van der Waals surface area contributed by atoms with E-state index in [-0.39, 0.29) is 11.5 Å². The second-order valence-electron chi connectivity index (χ2n) is 7.85. The number of thiazole rings is 1. The Labute approximate surface area is 207 Å². The van der Waals surface area contributed by atoms with Gasteiger partial charge in [0.1, 0.15) is 5.75 Å². The highest BCUT2D eigenvalue weighted by molar-refractivity contribution is 7.07. The Kier molecular flexibility index (Phi) is 7.05.